The maximum atomic E-state index is 13.4. The molecule has 158 valence electrons. The highest BCUT2D eigenvalue weighted by Gasteiger charge is 2.68. The molecule has 0 N–H and O–H groups in total. The lowest BCUT2D eigenvalue weighted by Crippen LogP contribution is -2.58. The molecule has 0 bridgehead atoms. The average molecular weight is 427 g/mol. The van der Waals surface area contributed by atoms with E-state index >= 15 is 0 Å². The molecular weight excluding hydrogens is 411 g/mol. The minimum absolute atomic E-state index is 0.0562. The van der Waals surface area contributed by atoms with E-state index < -0.39 is 64.5 Å². The first-order valence-corrected chi connectivity index (χ1v) is 8.52. The summed E-state index contributed by atoms with van der Waals surface area (Å²) in [5, 5.41) is -4.99. The molecule has 1 unspecified atom stereocenters. The van der Waals surface area contributed by atoms with Gasteiger partial charge in [0.2, 0.25) is 0 Å². The topological polar surface area (TPSA) is 119 Å². The third kappa shape index (κ3) is 6.39. The molecule has 0 radical (unpaired) electrons. The summed E-state index contributed by atoms with van der Waals surface area (Å²) in [4.78, 5) is 23.3. The first kappa shape index (κ1) is 25.2. The second-order valence-electron chi connectivity index (χ2n) is 5.11. The minimum Gasteiger partial charge on any atom is -0.743 e. The van der Waals surface area contributed by atoms with E-state index in [1.165, 1.54) is 6.92 Å². The van der Waals surface area contributed by atoms with Crippen LogP contribution in [0.4, 0.5) is 22.0 Å². The molecule has 0 saturated heterocycles. The highest BCUT2D eigenvalue weighted by molar-refractivity contribution is 7.86. The number of esters is 2. The van der Waals surface area contributed by atoms with Crippen LogP contribution in [0.15, 0.2) is 12.2 Å². The van der Waals surface area contributed by atoms with E-state index in [9.17, 15) is 44.5 Å². The van der Waals surface area contributed by atoms with E-state index in [2.05, 4.69) is 20.8 Å². The van der Waals surface area contributed by atoms with Crippen LogP contribution in [0.5, 0.6) is 0 Å². The molecule has 14 heteroatoms. The van der Waals surface area contributed by atoms with Crippen LogP contribution in [0.3, 0.4) is 0 Å². The van der Waals surface area contributed by atoms with Crippen molar-refractivity contribution in [2.24, 2.45) is 0 Å². The molecule has 0 aromatic carbocycles. The Balaban J connectivity index is 5.82. The van der Waals surface area contributed by atoms with Crippen molar-refractivity contribution in [3.05, 3.63) is 12.2 Å². The van der Waals surface area contributed by atoms with Gasteiger partial charge in [-0.1, -0.05) is 13.5 Å². The molecule has 0 rings (SSSR count). The summed E-state index contributed by atoms with van der Waals surface area (Å²) in [6.07, 6.45) is -7.78. The molecule has 0 aliphatic carbocycles. The number of alkyl halides is 5. The van der Waals surface area contributed by atoms with Gasteiger partial charge in [0.1, 0.15) is 0 Å². The van der Waals surface area contributed by atoms with Crippen LogP contribution in [0.1, 0.15) is 26.7 Å². The zero-order valence-corrected chi connectivity index (χ0v) is 14.9. The molecular formula is C13H16F5O8S-. The molecule has 0 aromatic rings. The SMILES string of the molecule is C=C(C)C(=O)OC(OCCC(F)(F)S(=O)(=O)[O-])(C(=O)OCCC)C(F)(F)F. The Morgan fingerprint density at radius 3 is 2.00 bits per heavy atom. The Morgan fingerprint density at radius 2 is 1.63 bits per heavy atom. The van der Waals surface area contributed by atoms with E-state index in [0.29, 0.717) is 0 Å². The van der Waals surface area contributed by atoms with Crippen LogP contribution in [-0.2, 0) is 33.9 Å². The number of carbonyl (C=O) groups is 2. The summed E-state index contributed by atoms with van der Waals surface area (Å²) in [7, 11) is -6.21. The van der Waals surface area contributed by atoms with Gasteiger partial charge in [0.05, 0.1) is 13.2 Å². The van der Waals surface area contributed by atoms with E-state index in [4.69, 9.17) is 0 Å². The Labute approximate surface area is 151 Å². The van der Waals surface area contributed by atoms with Gasteiger partial charge in [-0.05, 0) is 13.3 Å². The lowest BCUT2D eigenvalue weighted by molar-refractivity contribution is -0.355. The molecule has 0 saturated carbocycles. The van der Waals surface area contributed by atoms with Crippen molar-refractivity contribution in [3.63, 3.8) is 0 Å². The van der Waals surface area contributed by atoms with Crippen LogP contribution >= 0.6 is 0 Å². The molecule has 0 spiro atoms. The van der Waals surface area contributed by atoms with Crippen molar-refractivity contribution >= 4 is 22.1 Å². The molecule has 1 atom stereocenters. The lowest BCUT2D eigenvalue weighted by atomic mass is 10.2. The fourth-order valence-corrected chi connectivity index (χ4v) is 1.66. The molecule has 0 aromatic heterocycles. The second kappa shape index (κ2) is 8.93. The van der Waals surface area contributed by atoms with E-state index in [1.807, 2.05) is 0 Å². The van der Waals surface area contributed by atoms with Crippen LogP contribution in [0.2, 0.25) is 0 Å². The van der Waals surface area contributed by atoms with E-state index in [1.54, 1.807) is 0 Å². The standard InChI is InChI=1S/C13H17F5O8S/c1-4-6-24-10(20)12(13(16,17)18,26-9(19)8(2)3)25-7-5-11(14,15)27(21,22)23/h2,4-7H2,1,3H3,(H,21,22,23)/p-1. The quantitative estimate of drug-likeness (QED) is 0.170. The van der Waals surface area contributed by atoms with Gasteiger partial charge < -0.3 is 18.8 Å². The van der Waals surface area contributed by atoms with Crippen molar-refractivity contribution in [1.82, 2.24) is 0 Å². The highest BCUT2D eigenvalue weighted by atomic mass is 32.2. The van der Waals surface area contributed by atoms with Crippen molar-refractivity contribution in [1.29, 1.82) is 0 Å². The predicted octanol–water partition coefficient (Wildman–Crippen LogP) is 1.86. The van der Waals surface area contributed by atoms with Gasteiger partial charge >= 0.3 is 29.2 Å². The summed E-state index contributed by atoms with van der Waals surface area (Å²) >= 11 is 0. The molecule has 0 fully saturated rings. The fourth-order valence-electron chi connectivity index (χ4n) is 1.33. The van der Waals surface area contributed by atoms with Gasteiger partial charge in [0.15, 0.2) is 10.1 Å². The first-order chi connectivity index (χ1) is 12.0. The third-order valence-electron chi connectivity index (χ3n) is 2.73. The third-order valence-corrected chi connectivity index (χ3v) is 3.66. The van der Waals surface area contributed by atoms with Gasteiger partial charge in [0, 0.05) is 12.0 Å². The molecule has 0 amide bonds. The van der Waals surface area contributed by atoms with Gasteiger partial charge in [-0.25, -0.2) is 18.0 Å². The van der Waals surface area contributed by atoms with Crippen LogP contribution in [0.25, 0.3) is 0 Å². The largest absolute Gasteiger partial charge is 0.743 e. The van der Waals surface area contributed by atoms with Gasteiger partial charge in [0.25, 0.3) is 0 Å². The summed E-state index contributed by atoms with van der Waals surface area (Å²) in [6.45, 7) is 3.00. The van der Waals surface area contributed by atoms with Gasteiger partial charge in [-0.3, -0.25) is 0 Å². The van der Waals surface area contributed by atoms with Crippen LogP contribution in [-0.4, -0.2) is 55.3 Å². The normalized spacial score (nSPS) is 15.0. The molecule has 0 aliphatic rings. The summed E-state index contributed by atoms with van der Waals surface area (Å²) < 4.78 is 110. The molecule has 8 nitrogen and oxygen atoms in total. The second-order valence-corrected chi connectivity index (χ2v) is 6.62. The summed E-state index contributed by atoms with van der Waals surface area (Å²) in [5.74, 6) is -8.50. The number of hydrogen-bond acceptors (Lipinski definition) is 8. The van der Waals surface area contributed by atoms with E-state index in [-0.39, 0.29) is 6.42 Å². The first-order valence-electron chi connectivity index (χ1n) is 7.12. The maximum Gasteiger partial charge on any atom is 0.468 e. The number of rotatable bonds is 10. The Morgan fingerprint density at radius 1 is 1.11 bits per heavy atom. The molecule has 0 aliphatic heterocycles. The smallest absolute Gasteiger partial charge is 0.468 e. The highest BCUT2D eigenvalue weighted by Crippen LogP contribution is 2.38. The lowest BCUT2D eigenvalue weighted by Gasteiger charge is -2.32. The van der Waals surface area contributed by atoms with Crippen molar-refractivity contribution < 1.29 is 58.7 Å². The average Bonchev–Trinajstić information content (AvgIpc) is 2.48. The Kier molecular flexibility index (Phi) is 8.33. The van der Waals surface area contributed by atoms with Gasteiger partial charge in [-0.15, -0.1) is 0 Å². The van der Waals surface area contributed by atoms with Crippen LogP contribution in [0, 0.1) is 0 Å². The van der Waals surface area contributed by atoms with Crippen molar-refractivity contribution in [2.45, 2.75) is 43.9 Å². The Bertz CT molecular complexity index is 673. The number of carbonyl (C=O) groups excluding carboxylic acids is 2. The molecule has 27 heavy (non-hydrogen) atoms. The fraction of sp³-hybridized carbons (Fsp3) is 0.692. The maximum absolute atomic E-state index is 13.4. The number of halogens is 5. The minimum atomic E-state index is -6.21. The summed E-state index contributed by atoms with van der Waals surface area (Å²) in [6, 6.07) is 0. The molecule has 0 heterocycles. The van der Waals surface area contributed by atoms with Crippen molar-refractivity contribution in [3.8, 4) is 0 Å². The zero-order chi connectivity index (χ0) is 21.7. The zero-order valence-electron chi connectivity index (χ0n) is 14.1. The number of hydrogen-bond donors (Lipinski definition) is 0. The van der Waals surface area contributed by atoms with E-state index in [0.717, 1.165) is 6.92 Å². The predicted molar refractivity (Wildman–Crippen MR) is 76.2 cm³/mol. The van der Waals surface area contributed by atoms with Gasteiger partial charge in [-0.2, -0.15) is 22.0 Å². The summed E-state index contributed by atoms with van der Waals surface area (Å²) in [5.41, 5.74) is -0.594. The Hall–Kier alpha value is -1.80. The number of ether oxygens (including phenoxy) is 3. The van der Waals surface area contributed by atoms with Crippen LogP contribution < -0.4 is 0 Å². The van der Waals surface area contributed by atoms with Crippen molar-refractivity contribution in [2.75, 3.05) is 13.2 Å². The monoisotopic (exact) mass is 427 g/mol.